The Bertz CT molecular complexity index is 484. The lowest BCUT2D eigenvalue weighted by molar-refractivity contribution is 0.246. The molecule has 0 aliphatic rings. The van der Waals surface area contributed by atoms with Crippen LogP contribution in [0.25, 0.3) is 0 Å². The molecule has 1 N–H and O–H groups in total. The molecular formula is C13H15N3OS. The summed E-state index contributed by atoms with van der Waals surface area (Å²) in [5.74, 6) is 0. The van der Waals surface area contributed by atoms with E-state index in [1.54, 1.807) is 10.4 Å². The van der Waals surface area contributed by atoms with E-state index in [0.29, 0.717) is 13.1 Å². The molecule has 1 aromatic heterocycles. The number of anilines is 1. The maximum absolute atomic E-state index is 12.1. The molecule has 0 aliphatic carbocycles. The second kappa shape index (κ2) is 6.16. The summed E-state index contributed by atoms with van der Waals surface area (Å²) in [7, 11) is 0. The van der Waals surface area contributed by atoms with Gasteiger partial charge >= 0.3 is 6.03 Å². The molecule has 18 heavy (non-hydrogen) atoms. The maximum atomic E-state index is 12.1. The Balaban J connectivity index is 2.20. The zero-order valence-corrected chi connectivity index (χ0v) is 11.0. The number of para-hydroxylation sites is 1. The Morgan fingerprint density at radius 3 is 2.78 bits per heavy atom. The number of thiazole rings is 1. The van der Waals surface area contributed by atoms with E-state index in [2.05, 4.69) is 10.3 Å². The third-order valence-electron chi connectivity index (χ3n) is 2.44. The Hall–Kier alpha value is -1.88. The van der Waals surface area contributed by atoms with Gasteiger partial charge in [-0.25, -0.2) is 9.78 Å². The predicted molar refractivity (Wildman–Crippen MR) is 73.8 cm³/mol. The van der Waals surface area contributed by atoms with Crippen molar-refractivity contribution in [2.75, 3.05) is 11.4 Å². The average Bonchev–Trinajstić information content (AvgIpc) is 2.90. The van der Waals surface area contributed by atoms with E-state index in [9.17, 15) is 4.79 Å². The van der Waals surface area contributed by atoms with E-state index in [1.165, 1.54) is 11.3 Å². The molecule has 0 bridgehead atoms. The monoisotopic (exact) mass is 261 g/mol. The van der Waals surface area contributed by atoms with Gasteiger partial charge in [-0.15, -0.1) is 11.3 Å². The number of hydrogen-bond donors (Lipinski definition) is 1. The summed E-state index contributed by atoms with van der Waals surface area (Å²) in [5.41, 5.74) is 3.54. The fourth-order valence-corrected chi connectivity index (χ4v) is 2.16. The minimum atomic E-state index is -0.100. The lowest BCUT2D eigenvalue weighted by Gasteiger charge is -2.22. The van der Waals surface area contributed by atoms with Gasteiger partial charge in [-0.1, -0.05) is 18.2 Å². The van der Waals surface area contributed by atoms with Crippen molar-refractivity contribution in [2.45, 2.75) is 13.5 Å². The van der Waals surface area contributed by atoms with Gasteiger partial charge in [0, 0.05) is 17.6 Å². The molecule has 1 aromatic carbocycles. The molecule has 0 spiro atoms. The van der Waals surface area contributed by atoms with Crippen molar-refractivity contribution < 1.29 is 4.79 Å². The van der Waals surface area contributed by atoms with E-state index < -0.39 is 0 Å². The van der Waals surface area contributed by atoms with Gasteiger partial charge in [0.25, 0.3) is 0 Å². The number of amides is 2. The van der Waals surface area contributed by atoms with Gasteiger partial charge in [-0.3, -0.25) is 4.90 Å². The number of aromatic nitrogens is 1. The summed E-state index contributed by atoms with van der Waals surface area (Å²) in [4.78, 5) is 18.0. The van der Waals surface area contributed by atoms with Gasteiger partial charge in [0.15, 0.2) is 0 Å². The lowest BCUT2D eigenvalue weighted by atomic mass is 10.3. The third-order valence-corrected chi connectivity index (χ3v) is 3.08. The normalized spacial score (nSPS) is 10.1. The van der Waals surface area contributed by atoms with Crippen LogP contribution in [0.4, 0.5) is 10.5 Å². The Kier molecular flexibility index (Phi) is 4.30. The van der Waals surface area contributed by atoms with Crippen LogP contribution < -0.4 is 10.2 Å². The first-order chi connectivity index (χ1) is 8.81. The van der Waals surface area contributed by atoms with E-state index in [4.69, 9.17) is 0 Å². The largest absolute Gasteiger partial charge is 0.338 e. The van der Waals surface area contributed by atoms with E-state index >= 15 is 0 Å². The van der Waals surface area contributed by atoms with Gasteiger partial charge in [0.05, 0.1) is 17.7 Å². The summed E-state index contributed by atoms with van der Waals surface area (Å²) >= 11 is 1.53. The second-order valence-corrected chi connectivity index (χ2v) is 4.46. The third kappa shape index (κ3) is 3.07. The molecule has 2 amide bonds. The van der Waals surface area contributed by atoms with Gasteiger partial charge < -0.3 is 5.32 Å². The predicted octanol–water partition coefficient (Wildman–Crippen LogP) is 2.88. The summed E-state index contributed by atoms with van der Waals surface area (Å²) in [6.07, 6.45) is 0. The molecule has 2 aromatic rings. The Morgan fingerprint density at radius 1 is 1.39 bits per heavy atom. The van der Waals surface area contributed by atoms with Crippen LogP contribution in [0, 0.1) is 0 Å². The smallest absolute Gasteiger partial charge is 0.322 e. The van der Waals surface area contributed by atoms with Crippen LogP contribution in [-0.2, 0) is 6.54 Å². The topological polar surface area (TPSA) is 45.2 Å². The van der Waals surface area contributed by atoms with Crippen molar-refractivity contribution in [1.29, 1.82) is 0 Å². The van der Waals surface area contributed by atoms with E-state index in [0.717, 1.165) is 11.4 Å². The number of carbonyl (C=O) groups is 1. The number of hydrogen-bond acceptors (Lipinski definition) is 3. The molecule has 4 nitrogen and oxygen atoms in total. The summed E-state index contributed by atoms with van der Waals surface area (Å²) in [6.45, 7) is 3.00. The molecule has 0 saturated heterocycles. The number of rotatable bonds is 4. The number of nitrogens with one attached hydrogen (secondary N) is 1. The molecule has 94 valence electrons. The van der Waals surface area contributed by atoms with Gasteiger partial charge in [0.2, 0.25) is 0 Å². The number of carbonyl (C=O) groups excluding carboxylic acids is 1. The molecular weight excluding hydrogens is 246 g/mol. The fraction of sp³-hybridized carbons (Fsp3) is 0.231. The average molecular weight is 261 g/mol. The standard InChI is InChI=1S/C13H15N3OS/c1-2-14-13(17)16(8-11-9-18-10-15-11)12-6-4-3-5-7-12/h3-7,9-10H,2,8H2,1H3,(H,14,17). The van der Waals surface area contributed by atoms with Crippen molar-refractivity contribution in [1.82, 2.24) is 10.3 Å². The van der Waals surface area contributed by atoms with Crippen molar-refractivity contribution in [3.8, 4) is 0 Å². The van der Waals surface area contributed by atoms with Gasteiger partial charge in [-0.05, 0) is 19.1 Å². The molecule has 0 atom stereocenters. The first kappa shape index (κ1) is 12.6. The minimum Gasteiger partial charge on any atom is -0.338 e. The van der Waals surface area contributed by atoms with Crippen LogP contribution in [0.3, 0.4) is 0 Å². The van der Waals surface area contributed by atoms with Gasteiger partial charge in [0.1, 0.15) is 0 Å². The lowest BCUT2D eigenvalue weighted by Crippen LogP contribution is -2.39. The molecule has 0 unspecified atom stereocenters. The van der Waals surface area contributed by atoms with Crippen LogP contribution in [-0.4, -0.2) is 17.6 Å². The first-order valence-corrected chi connectivity index (χ1v) is 6.73. The number of benzene rings is 1. The SMILES string of the molecule is CCNC(=O)N(Cc1cscn1)c1ccccc1. The zero-order valence-electron chi connectivity index (χ0n) is 10.2. The molecule has 0 fully saturated rings. The van der Waals surface area contributed by atoms with Crippen molar-refractivity contribution in [3.05, 3.63) is 46.9 Å². The highest BCUT2D eigenvalue weighted by molar-refractivity contribution is 7.07. The Labute approximate surface area is 110 Å². The molecule has 0 saturated carbocycles. The van der Waals surface area contributed by atoms with Crippen molar-refractivity contribution >= 4 is 23.1 Å². The van der Waals surface area contributed by atoms with Crippen LogP contribution in [0.1, 0.15) is 12.6 Å². The molecule has 1 heterocycles. The second-order valence-electron chi connectivity index (χ2n) is 3.74. The van der Waals surface area contributed by atoms with Crippen LogP contribution in [0.15, 0.2) is 41.2 Å². The molecule has 0 radical (unpaired) electrons. The quantitative estimate of drug-likeness (QED) is 0.919. The summed E-state index contributed by atoms with van der Waals surface area (Å²) in [5, 5.41) is 4.77. The highest BCUT2D eigenvalue weighted by atomic mass is 32.1. The Morgan fingerprint density at radius 2 is 2.17 bits per heavy atom. The first-order valence-electron chi connectivity index (χ1n) is 5.78. The molecule has 0 aliphatic heterocycles. The fourth-order valence-electron chi connectivity index (χ4n) is 1.61. The van der Waals surface area contributed by atoms with E-state index in [1.807, 2.05) is 42.6 Å². The minimum absolute atomic E-state index is 0.100. The molecule has 5 heteroatoms. The highest BCUT2D eigenvalue weighted by Gasteiger charge is 2.15. The number of nitrogens with zero attached hydrogens (tertiary/aromatic N) is 2. The summed E-state index contributed by atoms with van der Waals surface area (Å²) < 4.78 is 0. The van der Waals surface area contributed by atoms with Crippen molar-refractivity contribution in [3.63, 3.8) is 0 Å². The van der Waals surface area contributed by atoms with Gasteiger partial charge in [-0.2, -0.15) is 0 Å². The van der Waals surface area contributed by atoms with Crippen LogP contribution >= 0.6 is 11.3 Å². The van der Waals surface area contributed by atoms with Crippen LogP contribution in [0.2, 0.25) is 0 Å². The zero-order chi connectivity index (χ0) is 12.8. The summed E-state index contributed by atoms with van der Waals surface area (Å²) in [6, 6.07) is 9.51. The van der Waals surface area contributed by atoms with Crippen molar-refractivity contribution in [2.24, 2.45) is 0 Å². The number of urea groups is 1. The highest BCUT2D eigenvalue weighted by Crippen LogP contribution is 2.16. The van der Waals surface area contributed by atoms with Crippen LogP contribution in [0.5, 0.6) is 0 Å². The maximum Gasteiger partial charge on any atom is 0.322 e. The van der Waals surface area contributed by atoms with E-state index in [-0.39, 0.29) is 6.03 Å². The molecule has 2 rings (SSSR count).